The standard InChI is InChI=1S/C8H11Cl/c1-2-7-5-3-4-6-8(7)9/h2H,1,3-6H2. The maximum atomic E-state index is 5.89. The summed E-state index contributed by atoms with van der Waals surface area (Å²) in [4.78, 5) is 0. The number of rotatable bonds is 1. The Hall–Kier alpha value is -0.230. The van der Waals surface area contributed by atoms with Crippen molar-refractivity contribution in [2.75, 3.05) is 0 Å². The Kier molecular flexibility index (Phi) is 2.35. The molecule has 0 amide bonds. The molecular formula is C8H11Cl. The van der Waals surface area contributed by atoms with E-state index in [2.05, 4.69) is 6.58 Å². The maximum Gasteiger partial charge on any atom is 0.0212 e. The van der Waals surface area contributed by atoms with E-state index in [1.807, 2.05) is 6.08 Å². The van der Waals surface area contributed by atoms with Crippen LogP contribution in [0.25, 0.3) is 0 Å². The van der Waals surface area contributed by atoms with E-state index in [9.17, 15) is 0 Å². The molecule has 50 valence electrons. The summed E-state index contributed by atoms with van der Waals surface area (Å²) in [5.74, 6) is 0. The first kappa shape index (κ1) is 6.88. The van der Waals surface area contributed by atoms with Crippen LogP contribution < -0.4 is 0 Å². The van der Waals surface area contributed by atoms with Crippen LogP contribution in [0.5, 0.6) is 0 Å². The monoisotopic (exact) mass is 142 g/mol. The van der Waals surface area contributed by atoms with Crippen molar-refractivity contribution < 1.29 is 0 Å². The second-order valence-electron chi connectivity index (χ2n) is 2.34. The van der Waals surface area contributed by atoms with Gasteiger partial charge in [0, 0.05) is 5.03 Å². The van der Waals surface area contributed by atoms with Gasteiger partial charge in [-0.3, -0.25) is 0 Å². The van der Waals surface area contributed by atoms with Gasteiger partial charge < -0.3 is 0 Å². The van der Waals surface area contributed by atoms with Crippen LogP contribution in [0.15, 0.2) is 23.3 Å². The Morgan fingerprint density at radius 1 is 1.33 bits per heavy atom. The molecule has 1 rings (SSSR count). The van der Waals surface area contributed by atoms with Crippen molar-refractivity contribution >= 4 is 11.6 Å². The van der Waals surface area contributed by atoms with Crippen LogP contribution >= 0.6 is 11.6 Å². The molecule has 0 bridgehead atoms. The van der Waals surface area contributed by atoms with E-state index in [1.165, 1.54) is 18.4 Å². The van der Waals surface area contributed by atoms with Crippen LogP contribution in [0.2, 0.25) is 0 Å². The molecule has 0 nitrogen and oxygen atoms in total. The van der Waals surface area contributed by atoms with E-state index < -0.39 is 0 Å². The number of hydrogen-bond acceptors (Lipinski definition) is 0. The summed E-state index contributed by atoms with van der Waals surface area (Å²) in [7, 11) is 0. The summed E-state index contributed by atoms with van der Waals surface area (Å²) in [6, 6.07) is 0. The summed E-state index contributed by atoms with van der Waals surface area (Å²) >= 11 is 5.89. The Labute approximate surface area is 61.2 Å². The molecule has 0 aliphatic heterocycles. The fraction of sp³-hybridized carbons (Fsp3) is 0.500. The van der Waals surface area contributed by atoms with Gasteiger partial charge >= 0.3 is 0 Å². The molecular weight excluding hydrogens is 132 g/mol. The zero-order valence-electron chi connectivity index (χ0n) is 5.49. The molecule has 0 aromatic rings. The van der Waals surface area contributed by atoms with Crippen molar-refractivity contribution in [3.05, 3.63) is 23.3 Å². The lowest BCUT2D eigenvalue weighted by atomic mass is 10.00. The van der Waals surface area contributed by atoms with Crippen molar-refractivity contribution in [2.24, 2.45) is 0 Å². The van der Waals surface area contributed by atoms with Gasteiger partial charge in [0.1, 0.15) is 0 Å². The van der Waals surface area contributed by atoms with Gasteiger partial charge in [0.05, 0.1) is 0 Å². The first-order valence-electron chi connectivity index (χ1n) is 3.34. The van der Waals surface area contributed by atoms with Crippen LogP contribution in [0.3, 0.4) is 0 Å². The lowest BCUT2D eigenvalue weighted by Gasteiger charge is -2.11. The van der Waals surface area contributed by atoms with E-state index in [0.29, 0.717) is 0 Å². The van der Waals surface area contributed by atoms with Crippen molar-refractivity contribution in [2.45, 2.75) is 25.7 Å². The minimum atomic E-state index is 1.02. The Morgan fingerprint density at radius 3 is 2.44 bits per heavy atom. The lowest BCUT2D eigenvalue weighted by Crippen LogP contribution is -1.91. The third kappa shape index (κ3) is 1.59. The smallest absolute Gasteiger partial charge is 0.0212 e. The summed E-state index contributed by atoms with van der Waals surface area (Å²) in [5, 5.41) is 1.02. The fourth-order valence-electron chi connectivity index (χ4n) is 1.10. The van der Waals surface area contributed by atoms with E-state index in [4.69, 9.17) is 11.6 Å². The van der Waals surface area contributed by atoms with E-state index in [-0.39, 0.29) is 0 Å². The molecule has 9 heavy (non-hydrogen) atoms. The molecule has 0 aromatic carbocycles. The topological polar surface area (TPSA) is 0 Å². The van der Waals surface area contributed by atoms with Crippen LogP contribution in [0.1, 0.15) is 25.7 Å². The molecule has 0 heterocycles. The SMILES string of the molecule is C=CC1=C(Cl)CCCC1. The average molecular weight is 143 g/mol. The van der Waals surface area contributed by atoms with Gasteiger partial charge in [-0.2, -0.15) is 0 Å². The highest BCUT2D eigenvalue weighted by molar-refractivity contribution is 6.30. The Bertz CT molecular complexity index is 145. The van der Waals surface area contributed by atoms with Crippen LogP contribution in [0.4, 0.5) is 0 Å². The summed E-state index contributed by atoms with van der Waals surface area (Å²) in [5.41, 5.74) is 1.25. The van der Waals surface area contributed by atoms with Crippen molar-refractivity contribution in [3.8, 4) is 0 Å². The Morgan fingerprint density at radius 2 is 2.00 bits per heavy atom. The molecule has 0 aromatic heterocycles. The molecule has 0 saturated carbocycles. The van der Waals surface area contributed by atoms with Crippen molar-refractivity contribution in [1.29, 1.82) is 0 Å². The summed E-state index contributed by atoms with van der Waals surface area (Å²) in [6.45, 7) is 3.69. The molecule has 1 aliphatic carbocycles. The highest BCUT2D eigenvalue weighted by Crippen LogP contribution is 2.27. The predicted octanol–water partition coefficient (Wildman–Crippen LogP) is 3.24. The van der Waals surface area contributed by atoms with E-state index in [1.54, 1.807) is 0 Å². The van der Waals surface area contributed by atoms with Gasteiger partial charge in [0.15, 0.2) is 0 Å². The molecule has 0 fully saturated rings. The molecule has 0 atom stereocenters. The Balaban J connectivity index is 2.70. The minimum Gasteiger partial charge on any atom is -0.0988 e. The van der Waals surface area contributed by atoms with Gasteiger partial charge in [0.25, 0.3) is 0 Å². The third-order valence-electron chi connectivity index (χ3n) is 1.69. The average Bonchev–Trinajstić information content (AvgIpc) is 1.89. The number of halogens is 1. The minimum absolute atomic E-state index is 1.02. The molecule has 1 heteroatoms. The highest BCUT2D eigenvalue weighted by Gasteiger charge is 2.06. The summed E-state index contributed by atoms with van der Waals surface area (Å²) < 4.78 is 0. The molecule has 1 aliphatic rings. The maximum absolute atomic E-state index is 5.89. The van der Waals surface area contributed by atoms with Crippen LogP contribution in [-0.2, 0) is 0 Å². The van der Waals surface area contributed by atoms with Gasteiger partial charge in [0.2, 0.25) is 0 Å². The highest BCUT2D eigenvalue weighted by atomic mass is 35.5. The molecule has 0 unspecified atom stereocenters. The molecule has 0 N–H and O–H groups in total. The number of hydrogen-bond donors (Lipinski definition) is 0. The second-order valence-corrected chi connectivity index (χ2v) is 2.80. The lowest BCUT2D eigenvalue weighted by molar-refractivity contribution is 0.703. The van der Waals surface area contributed by atoms with Gasteiger partial charge in [-0.1, -0.05) is 24.3 Å². The first-order chi connectivity index (χ1) is 4.34. The quantitative estimate of drug-likeness (QED) is 0.527. The van der Waals surface area contributed by atoms with Gasteiger partial charge in [-0.05, 0) is 31.3 Å². The molecule has 0 radical (unpaired) electrons. The van der Waals surface area contributed by atoms with Crippen molar-refractivity contribution in [1.82, 2.24) is 0 Å². The van der Waals surface area contributed by atoms with Gasteiger partial charge in [-0.25, -0.2) is 0 Å². The zero-order valence-corrected chi connectivity index (χ0v) is 6.25. The fourth-order valence-corrected chi connectivity index (χ4v) is 1.41. The summed E-state index contributed by atoms with van der Waals surface area (Å²) in [6.07, 6.45) is 6.58. The van der Waals surface area contributed by atoms with Gasteiger partial charge in [-0.15, -0.1) is 0 Å². The molecule has 0 spiro atoms. The third-order valence-corrected chi connectivity index (χ3v) is 2.12. The first-order valence-corrected chi connectivity index (χ1v) is 3.72. The van der Waals surface area contributed by atoms with E-state index in [0.717, 1.165) is 17.9 Å². The zero-order chi connectivity index (χ0) is 6.69. The normalized spacial score (nSPS) is 20.1. The number of allylic oxidation sites excluding steroid dienone is 3. The van der Waals surface area contributed by atoms with Crippen LogP contribution in [0, 0.1) is 0 Å². The molecule has 0 saturated heterocycles. The largest absolute Gasteiger partial charge is 0.0988 e. The van der Waals surface area contributed by atoms with Crippen LogP contribution in [-0.4, -0.2) is 0 Å². The second kappa shape index (κ2) is 3.07. The predicted molar refractivity (Wildman–Crippen MR) is 41.5 cm³/mol. The van der Waals surface area contributed by atoms with E-state index >= 15 is 0 Å². The van der Waals surface area contributed by atoms with Crippen molar-refractivity contribution in [3.63, 3.8) is 0 Å².